The van der Waals surface area contributed by atoms with E-state index < -0.39 is 11.8 Å². The van der Waals surface area contributed by atoms with E-state index in [0.29, 0.717) is 0 Å². The maximum Gasteiger partial charge on any atom is 0.321 e. The van der Waals surface area contributed by atoms with Crippen LogP contribution in [0.25, 0.3) is 0 Å². The van der Waals surface area contributed by atoms with Crippen LogP contribution in [-0.2, 0) is 0 Å². The quantitative estimate of drug-likeness (QED) is 0.815. The van der Waals surface area contributed by atoms with E-state index in [0.717, 1.165) is 0 Å². The Morgan fingerprint density at radius 2 is 2.20 bits per heavy atom. The summed E-state index contributed by atoms with van der Waals surface area (Å²) in [6.07, 6.45) is 0. The zero-order valence-corrected chi connectivity index (χ0v) is 12.5. The number of amides is 2. The molecule has 4 nitrogen and oxygen atoms in total. The van der Waals surface area contributed by atoms with Crippen molar-refractivity contribution in [2.24, 2.45) is 0 Å². The predicted molar refractivity (Wildman–Crippen MR) is 76.6 cm³/mol. The second-order valence-electron chi connectivity index (χ2n) is 4.07. The number of benzene rings is 1. The normalized spacial score (nSPS) is 12.3. The number of aliphatic hydroxyl groups excluding tert-OH is 1. The Labute approximate surface area is 125 Å². The van der Waals surface area contributed by atoms with Crippen molar-refractivity contribution in [1.82, 2.24) is 4.90 Å². The molecule has 0 spiro atoms. The number of hydrogen-bond donors (Lipinski definition) is 2. The first-order valence-corrected chi connectivity index (χ1v) is 7.00. The van der Waals surface area contributed by atoms with Crippen molar-refractivity contribution in [3.05, 3.63) is 23.2 Å². The number of urea groups is 1. The van der Waals surface area contributed by atoms with Crippen LogP contribution in [-0.4, -0.2) is 41.5 Å². The summed E-state index contributed by atoms with van der Waals surface area (Å²) in [5.74, 6) is -2.64. The Balaban J connectivity index is 2.92. The molecule has 1 atom stereocenters. The molecule has 0 saturated carbocycles. The van der Waals surface area contributed by atoms with Crippen LogP contribution in [0.15, 0.2) is 23.1 Å². The maximum atomic E-state index is 12.5. The minimum atomic E-state index is -2.64. The van der Waals surface area contributed by atoms with Gasteiger partial charge in [-0.3, -0.25) is 0 Å². The zero-order chi connectivity index (χ0) is 15.3. The number of anilines is 1. The molecule has 0 saturated heterocycles. The first-order chi connectivity index (χ1) is 9.36. The third-order valence-electron chi connectivity index (χ3n) is 2.66. The van der Waals surface area contributed by atoms with E-state index in [1.54, 1.807) is 13.0 Å². The van der Waals surface area contributed by atoms with Gasteiger partial charge < -0.3 is 15.3 Å². The minimum Gasteiger partial charge on any atom is -0.394 e. The van der Waals surface area contributed by atoms with Gasteiger partial charge in [-0.2, -0.15) is 8.78 Å². The molecule has 1 rings (SSSR count). The summed E-state index contributed by atoms with van der Waals surface area (Å²) in [6, 6.07) is 3.63. The fourth-order valence-electron chi connectivity index (χ4n) is 1.34. The smallest absolute Gasteiger partial charge is 0.321 e. The number of rotatable bonds is 5. The number of aliphatic hydroxyl groups is 1. The largest absolute Gasteiger partial charge is 0.394 e. The van der Waals surface area contributed by atoms with E-state index in [1.807, 2.05) is 0 Å². The van der Waals surface area contributed by atoms with E-state index in [-0.39, 0.29) is 40.0 Å². The lowest BCUT2D eigenvalue weighted by atomic mass is 10.3. The number of nitrogens with one attached hydrogen (secondary N) is 1. The van der Waals surface area contributed by atoms with Crippen molar-refractivity contribution < 1.29 is 18.7 Å². The molecule has 8 heteroatoms. The number of alkyl halides is 2. The molecule has 0 aliphatic heterocycles. The number of hydrogen-bond acceptors (Lipinski definition) is 3. The summed E-state index contributed by atoms with van der Waals surface area (Å²) >= 11 is 6.14. The van der Waals surface area contributed by atoms with Crippen LogP contribution in [0.1, 0.15) is 6.92 Å². The van der Waals surface area contributed by atoms with Crippen molar-refractivity contribution in [2.75, 3.05) is 19.0 Å². The highest BCUT2D eigenvalue weighted by molar-refractivity contribution is 7.99. The van der Waals surface area contributed by atoms with Crippen LogP contribution in [0.2, 0.25) is 5.02 Å². The fraction of sp³-hybridized carbons (Fsp3) is 0.417. The van der Waals surface area contributed by atoms with Gasteiger partial charge in [0.05, 0.1) is 28.3 Å². The van der Waals surface area contributed by atoms with Gasteiger partial charge in [-0.1, -0.05) is 29.4 Å². The minimum absolute atomic E-state index is 0.113. The van der Waals surface area contributed by atoms with Crippen molar-refractivity contribution in [3.8, 4) is 0 Å². The highest BCUT2D eigenvalue weighted by atomic mass is 35.5. The third kappa shape index (κ3) is 4.50. The van der Waals surface area contributed by atoms with Crippen LogP contribution >= 0.6 is 23.4 Å². The SMILES string of the molecule is CC(CO)N(C)C(=O)Nc1cccc(Cl)c1SC(F)F. The molecule has 0 radical (unpaired) electrons. The maximum absolute atomic E-state index is 12.5. The number of carbonyl (C=O) groups is 1. The Kier molecular flexibility index (Phi) is 6.51. The molecule has 0 aromatic heterocycles. The summed E-state index contributed by atoms with van der Waals surface area (Å²) in [6.45, 7) is 1.46. The molecule has 2 N–H and O–H groups in total. The highest BCUT2D eigenvalue weighted by Gasteiger charge is 2.19. The van der Waals surface area contributed by atoms with Crippen molar-refractivity contribution in [3.63, 3.8) is 0 Å². The molecular weight excluding hydrogens is 310 g/mol. The Morgan fingerprint density at radius 1 is 1.55 bits per heavy atom. The molecule has 1 aromatic rings. The molecule has 1 unspecified atom stereocenters. The predicted octanol–water partition coefficient (Wildman–Crippen LogP) is 3.50. The average Bonchev–Trinajstić information content (AvgIpc) is 2.40. The lowest BCUT2D eigenvalue weighted by Crippen LogP contribution is -2.40. The van der Waals surface area contributed by atoms with Crippen molar-refractivity contribution in [2.45, 2.75) is 23.6 Å². The van der Waals surface area contributed by atoms with Gasteiger partial charge in [-0.25, -0.2) is 4.79 Å². The molecule has 0 aliphatic rings. The number of thioether (sulfide) groups is 1. The topological polar surface area (TPSA) is 52.6 Å². The van der Waals surface area contributed by atoms with Crippen LogP contribution in [0.3, 0.4) is 0 Å². The number of likely N-dealkylation sites (N-methyl/N-ethyl adjacent to an activating group) is 1. The zero-order valence-electron chi connectivity index (χ0n) is 10.9. The van der Waals surface area contributed by atoms with E-state index in [1.165, 1.54) is 24.1 Å². The lowest BCUT2D eigenvalue weighted by Gasteiger charge is -2.24. The Hall–Kier alpha value is -1.05. The van der Waals surface area contributed by atoms with Gasteiger partial charge in [0.25, 0.3) is 5.76 Å². The summed E-state index contributed by atoms with van der Waals surface area (Å²) < 4.78 is 25.0. The second kappa shape index (κ2) is 7.66. The van der Waals surface area contributed by atoms with E-state index >= 15 is 0 Å². The summed E-state index contributed by atoms with van der Waals surface area (Å²) in [5.41, 5.74) is 0.213. The Morgan fingerprint density at radius 3 is 2.75 bits per heavy atom. The molecular formula is C12H15ClF2N2O2S. The fourth-order valence-corrected chi connectivity index (χ4v) is 2.26. The standard InChI is InChI=1S/C12H15ClF2N2O2S/c1-7(6-18)17(2)12(19)16-9-5-3-4-8(13)10(9)20-11(14)15/h3-5,7,11,18H,6H2,1-2H3,(H,16,19). The summed E-state index contributed by atoms with van der Waals surface area (Å²) in [7, 11) is 1.50. The van der Waals surface area contributed by atoms with Gasteiger partial charge in [0.15, 0.2) is 0 Å². The summed E-state index contributed by atoms with van der Waals surface area (Å²) in [5, 5.41) is 11.6. The molecule has 112 valence electrons. The van der Waals surface area contributed by atoms with Gasteiger partial charge in [-0.15, -0.1) is 0 Å². The number of carbonyl (C=O) groups excluding carboxylic acids is 1. The monoisotopic (exact) mass is 324 g/mol. The number of nitrogens with zero attached hydrogens (tertiary/aromatic N) is 1. The van der Waals surface area contributed by atoms with E-state index in [4.69, 9.17) is 16.7 Å². The molecule has 0 aliphatic carbocycles. The first-order valence-electron chi connectivity index (χ1n) is 5.74. The molecule has 20 heavy (non-hydrogen) atoms. The Bertz CT molecular complexity index is 477. The van der Waals surface area contributed by atoms with Crippen LogP contribution in [0.4, 0.5) is 19.3 Å². The lowest BCUT2D eigenvalue weighted by molar-refractivity contribution is 0.166. The second-order valence-corrected chi connectivity index (χ2v) is 5.48. The first kappa shape index (κ1) is 17.0. The molecule has 0 fully saturated rings. The molecule has 1 aromatic carbocycles. The average molecular weight is 325 g/mol. The van der Waals surface area contributed by atoms with Crippen LogP contribution in [0.5, 0.6) is 0 Å². The van der Waals surface area contributed by atoms with Gasteiger partial charge in [0, 0.05) is 7.05 Å². The number of halogens is 3. The van der Waals surface area contributed by atoms with Gasteiger partial charge in [0.1, 0.15) is 0 Å². The molecule has 0 bridgehead atoms. The van der Waals surface area contributed by atoms with Gasteiger partial charge in [-0.05, 0) is 19.1 Å². The van der Waals surface area contributed by atoms with Crippen molar-refractivity contribution >= 4 is 35.1 Å². The third-order valence-corrected chi connectivity index (χ3v) is 3.94. The van der Waals surface area contributed by atoms with E-state index in [9.17, 15) is 13.6 Å². The molecule has 2 amide bonds. The van der Waals surface area contributed by atoms with Crippen LogP contribution < -0.4 is 5.32 Å². The van der Waals surface area contributed by atoms with Gasteiger partial charge >= 0.3 is 6.03 Å². The van der Waals surface area contributed by atoms with Gasteiger partial charge in [0.2, 0.25) is 0 Å². The van der Waals surface area contributed by atoms with Crippen molar-refractivity contribution in [1.29, 1.82) is 0 Å². The highest BCUT2D eigenvalue weighted by Crippen LogP contribution is 2.37. The van der Waals surface area contributed by atoms with Crippen LogP contribution in [0, 0.1) is 0 Å². The van der Waals surface area contributed by atoms with E-state index in [2.05, 4.69) is 5.32 Å². The summed E-state index contributed by atoms with van der Waals surface area (Å²) in [4.78, 5) is 13.3. The molecule has 0 heterocycles.